The van der Waals surface area contributed by atoms with Crippen molar-refractivity contribution < 1.29 is 4.74 Å². The van der Waals surface area contributed by atoms with Crippen LogP contribution in [0.5, 0.6) is 5.75 Å². The Balaban J connectivity index is 1.50. The van der Waals surface area contributed by atoms with Gasteiger partial charge in [-0.25, -0.2) is 9.67 Å². The molecular formula is C24H31N5O. The molecule has 30 heavy (non-hydrogen) atoms. The molecule has 0 atom stereocenters. The highest BCUT2D eigenvalue weighted by Gasteiger charge is 2.06. The predicted molar refractivity (Wildman–Crippen MR) is 122 cm³/mol. The molecule has 0 saturated carbocycles. The molecule has 2 aromatic carbocycles. The summed E-state index contributed by atoms with van der Waals surface area (Å²) in [7, 11) is 1.68. The van der Waals surface area contributed by atoms with Crippen LogP contribution in [-0.4, -0.2) is 35.9 Å². The van der Waals surface area contributed by atoms with Crippen LogP contribution in [-0.2, 0) is 13.0 Å². The third-order valence-electron chi connectivity index (χ3n) is 4.86. The first-order valence-electron chi connectivity index (χ1n) is 10.4. The standard InChI is InChI=1S/C24H31N5O/c1-4-25-24(27-17-20-12-14-23(30-3)15-13-20)26-16-8-9-21-18-29(28-19(21)2)22-10-6-5-7-11-22/h5-7,10-15,18H,4,8-9,16-17H2,1-3H3,(H2,25,26,27). The van der Waals surface area contributed by atoms with Crippen LogP contribution in [0.3, 0.4) is 0 Å². The van der Waals surface area contributed by atoms with Gasteiger partial charge in [0.1, 0.15) is 5.75 Å². The van der Waals surface area contributed by atoms with E-state index in [2.05, 4.69) is 52.9 Å². The molecule has 0 saturated heterocycles. The zero-order chi connectivity index (χ0) is 21.2. The lowest BCUT2D eigenvalue weighted by atomic mass is 10.1. The Morgan fingerprint density at radius 3 is 2.53 bits per heavy atom. The Morgan fingerprint density at radius 2 is 1.83 bits per heavy atom. The number of benzene rings is 2. The normalized spacial score (nSPS) is 11.4. The Labute approximate surface area is 179 Å². The second kappa shape index (κ2) is 11.0. The maximum Gasteiger partial charge on any atom is 0.191 e. The highest BCUT2D eigenvalue weighted by molar-refractivity contribution is 5.79. The van der Waals surface area contributed by atoms with Gasteiger partial charge in [-0.3, -0.25) is 0 Å². The summed E-state index contributed by atoms with van der Waals surface area (Å²) in [6.45, 7) is 6.46. The molecule has 2 N–H and O–H groups in total. The molecule has 1 heterocycles. The zero-order valence-corrected chi connectivity index (χ0v) is 18.1. The van der Waals surface area contributed by atoms with Gasteiger partial charge in [-0.1, -0.05) is 30.3 Å². The fourth-order valence-electron chi connectivity index (χ4n) is 3.18. The number of hydrogen-bond donors (Lipinski definition) is 2. The van der Waals surface area contributed by atoms with Gasteiger partial charge < -0.3 is 15.4 Å². The maximum absolute atomic E-state index is 5.20. The Bertz CT molecular complexity index is 932. The molecular weight excluding hydrogens is 374 g/mol. The molecule has 0 amide bonds. The molecule has 0 aliphatic carbocycles. The van der Waals surface area contributed by atoms with E-state index in [0.717, 1.165) is 54.6 Å². The quantitative estimate of drug-likeness (QED) is 0.322. The number of methoxy groups -OCH3 is 1. The number of aryl methyl sites for hydroxylation is 2. The van der Waals surface area contributed by atoms with Crippen LogP contribution in [0.1, 0.15) is 30.2 Å². The third kappa shape index (κ3) is 6.11. The molecule has 1 aromatic heterocycles. The summed E-state index contributed by atoms with van der Waals surface area (Å²) < 4.78 is 7.16. The van der Waals surface area contributed by atoms with Gasteiger partial charge in [0.25, 0.3) is 0 Å². The summed E-state index contributed by atoms with van der Waals surface area (Å²) >= 11 is 0. The number of rotatable bonds is 9. The number of para-hydroxylation sites is 1. The summed E-state index contributed by atoms with van der Waals surface area (Å²) in [5, 5.41) is 11.4. The summed E-state index contributed by atoms with van der Waals surface area (Å²) in [6.07, 6.45) is 4.12. The minimum atomic E-state index is 0.627. The topological polar surface area (TPSA) is 63.5 Å². The van der Waals surface area contributed by atoms with E-state index < -0.39 is 0 Å². The van der Waals surface area contributed by atoms with Crippen molar-refractivity contribution in [1.29, 1.82) is 0 Å². The largest absolute Gasteiger partial charge is 0.497 e. The molecule has 3 rings (SSSR count). The van der Waals surface area contributed by atoms with E-state index in [-0.39, 0.29) is 0 Å². The average molecular weight is 406 g/mol. The maximum atomic E-state index is 5.20. The fourth-order valence-corrected chi connectivity index (χ4v) is 3.18. The van der Waals surface area contributed by atoms with Crippen molar-refractivity contribution in [2.24, 2.45) is 4.99 Å². The van der Waals surface area contributed by atoms with Gasteiger partial charge in [-0.2, -0.15) is 5.10 Å². The van der Waals surface area contributed by atoms with Crippen LogP contribution in [0, 0.1) is 6.92 Å². The number of nitrogens with one attached hydrogen (secondary N) is 2. The number of aromatic nitrogens is 2. The molecule has 0 spiro atoms. The molecule has 3 aromatic rings. The van der Waals surface area contributed by atoms with E-state index in [1.807, 2.05) is 47.1 Å². The predicted octanol–water partition coefficient (Wildman–Crippen LogP) is 3.88. The van der Waals surface area contributed by atoms with Gasteiger partial charge in [-0.15, -0.1) is 0 Å². The smallest absolute Gasteiger partial charge is 0.191 e. The summed E-state index contributed by atoms with van der Waals surface area (Å²) in [6, 6.07) is 18.2. The van der Waals surface area contributed by atoms with E-state index in [1.54, 1.807) is 7.11 Å². The molecule has 0 aliphatic heterocycles. The summed E-state index contributed by atoms with van der Waals surface area (Å²) in [5.74, 6) is 1.70. The fraction of sp³-hybridized carbons (Fsp3) is 0.333. The van der Waals surface area contributed by atoms with Crippen LogP contribution in [0.2, 0.25) is 0 Å². The van der Waals surface area contributed by atoms with E-state index in [1.165, 1.54) is 5.56 Å². The van der Waals surface area contributed by atoms with Gasteiger partial charge in [0.05, 0.1) is 25.0 Å². The number of nitrogens with zero attached hydrogens (tertiary/aromatic N) is 3. The van der Waals surface area contributed by atoms with Crippen molar-refractivity contribution in [3.63, 3.8) is 0 Å². The Hall–Kier alpha value is -3.28. The lowest BCUT2D eigenvalue weighted by Gasteiger charge is -2.11. The first kappa shape index (κ1) is 21.4. The minimum Gasteiger partial charge on any atom is -0.497 e. The Kier molecular flexibility index (Phi) is 7.89. The van der Waals surface area contributed by atoms with Gasteiger partial charge in [0, 0.05) is 19.3 Å². The van der Waals surface area contributed by atoms with Crippen molar-refractivity contribution in [2.75, 3.05) is 20.2 Å². The first-order valence-corrected chi connectivity index (χ1v) is 10.4. The van der Waals surface area contributed by atoms with Gasteiger partial charge in [-0.05, 0) is 62.1 Å². The van der Waals surface area contributed by atoms with Crippen molar-refractivity contribution in [2.45, 2.75) is 33.2 Å². The van der Waals surface area contributed by atoms with Gasteiger partial charge in [0.2, 0.25) is 0 Å². The third-order valence-corrected chi connectivity index (χ3v) is 4.86. The van der Waals surface area contributed by atoms with Crippen LogP contribution < -0.4 is 15.4 Å². The molecule has 158 valence electrons. The van der Waals surface area contributed by atoms with Crippen molar-refractivity contribution in [3.8, 4) is 11.4 Å². The molecule has 0 radical (unpaired) electrons. The second-order valence-electron chi connectivity index (χ2n) is 7.09. The molecule has 6 heteroatoms. The van der Waals surface area contributed by atoms with E-state index in [0.29, 0.717) is 6.54 Å². The molecule has 0 fully saturated rings. The molecule has 6 nitrogen and oxygen atoms in total. The second-order valence-corrected chi connectivity index (χ2v) is 7.09. The van der Waals surface area contributed by atoms with Crippen LogP contribution >= 0.6 is 0 Å². The number of hydrogen-bond acceptors (Lipinski definition) is 3. The number of guanidine groups is 1. The lowest BCUT2D eigenvalue weighted by molar-refractivity contribution is 0.414. The average Bonchev–Trinajstić information content (AvgIpc) is 3.16. The van der Waals surface area contributed by atoms with E-state index in [9.17, 15) is 0 Å². The number of ether oxygens (including phenoxy) is 1. The van der Waals surface area contributed by atoms with Crippen LogP contribution in [0.4, 0.5) is 0 Å². The van der Waals surface area contributed by atoms with Gasteiger partial charge in [0.15, 0.2) is 5.96 Å². The molecule has 0 bridgehead atoms. The van der Waals surface area contributed by atoms with Crippen LogP contribution in [0.25, 0.3) is 5.69 Å². The van der Waals surface area contributed by atoms with E-state index >= 15 is 0 Å². The van der Waals surface area contributed by atoms with Crippen molar-refractivity contribution >= 4 is 5.96 Å². The highest BCUT2D eigenvalue weighted by atomic mass is 16.5. The molecule has 0 unspecified atom stereocenters. The highest BCUT2D eigenvalue weighted by Crippen LogP contribution is 2.13. The zero-order valence-electron chi connectivity index (χ0n) is 18.1. The first-order chi connectivity index (χ1) is 14.7. The number of aliphatic imine (C=N–C) groups is 1. The van der Waals surface area contributed by atoms with Gasteiger partial charge >= 0.3 is 0 Å². The summed E-state index contributed by atoms with van der Waals surface area (Å²) in [4.78, 5) is 4.68. The van der Waals surface area contributed by atoms with E-state index in [4.69, 9.17) is 4.74 Å². The van der Waals surface area contributed by atoms with Crippen LogP contribution in [0.15, 0.2) is 65.8 Å². The monoisotopic (exact) mass is 405 g/mol. The van der Waals surface area contributed by atoms with Crippen molar-refractivity contribution in [1.82, 2.24) is 20.4 Å². The van der Waals surface area contributed by atoms with Crippen molar-refractivity contribution in [3.05, 3.63) is 77.6 Å². The Morgan fingerprint density at radius 1 is 1.07 bits per heavy atom. The minimum absolute atomic E-state index is 0.627. The lowest BCUT2D eigenvalue weighted by Crippen LogP contribution is -2.37. The summed E-state index contributed by atoms with van der Waals surface area (Å²) in [5.41, 5.74) is 4.60. The SMILES string of the molecule is CCNC(=NCc1ccc(OC)cc1)NCCCc1cn(-c2ccccc2)nc1C. The molecule has 0 aliphatic rings.